The van der Waals surface area contributed by atoms with Crippen molar-refractivity contribution in [2.24, 2.45) is 5.73 Å². The zero-order valence-corrected chi connectivity index (χ0v) is 9.75. The van der Waals surface area contributed by atoms with E-state index in [-0.39, 0.29) is 24.4 Å². The molecule has 1 heterocycles. The van der Waals surface area contributed by atoms with Crippen molar-refractivity contribution >= 4 is 5.97 Å². The lowest BCUT2D eigenvalue weighted by Gasteiger charge is -2.12. The first-order valence-corrected chi connectivity index (χ1v) is 5.31. The van der Waals surface area contributed by atoms with Crippen molar-refractivity contribution in [2.45, 2.75) is 26.3 Å². The van der Waals surface area contributed by atoms with Gasteiger partial charge in [-0.2, -0.15) is 4.39 Å². The van der Waals surface area contributed by atoms with Crippen LogP contribution < -0.4 is 5.73 Å². The highest BCUT2D eigenvalue weighted by molar-refractivity contribution is 5.73. The van der Waals surface area contributed by atoms with Gasteiger partial charge in [-0.3, -0.25) is 4.79 Å². The molecule has 0 atom stereocenters. The largest absolute Gasteiger partial charge is 0.466 e. The molecule has 0 aliphatic carbocycles. The Morgan fingerprint density at radius 2 is 2.22 bits per heavy atom. The second-order valence-electron chi connectivity index (χ2n) is 3.45. The van der Waals surface area contributed by atoms with Gasteiger partial charge < -0.3 is 10.5 Å². The smallest absolute Gasteiger partial charge is 0.310 e. The van der Waals surface area contributed by atoms with Crippen LogP contribution in [0.15, 0.2) is 6.07 Å². The monoisotopic (exact) mass is 262 g/mol. The van der Waals surface area contributed by atoms with E-state index in [0.717, 1.165) is 6.07 Å². The molecule has 0 aliphatic heterocycles. The summed E-state index contributed by atoms with van der Waals surface area (Å²) in [6.07, 6.45) is -3.30. The minimum Gasteiger partial charge on any atom is -0.466 e. The van der Waals surface area contributed by atoms with Crippen LogP contribution >= 0.6 is 0 Å². The van der Waals surface area contributed by atoms with Gasteiger partial charge in [0, 0.05) is 12.1 Å². The maximum atomic E-state index is 13.1. The molecule has 0 radical (unpaired) electrons. The van der Waals surface area contributed by atoms with Gasteiger partial charge in [-0.05, 0) is 18.6 Å². The number of ether oxygens (including phenoxy) is 1. The van der Waals surface area contributed by atoms with Crippen LogP contribution in [0.25, 0.3) is 0 Å². The quantitative estimate of drug-likeness (QED) is 0.648. The number of pyridine rings is 1. The number of carbonyl (C=O) groups is 1. The first kappa shape index (κ1) is 14.4. The van der Waals surface area contributed by atoms with Gasteiger partial charge in [0.05, 0.1) is 18.7 Å². The van der Waals surface area contributed by atoms with Gasteiger partial charge in [0.25, 0.3) is 6.43 Å². The fraction of sp³-hybridized carbons (Fsp3) is 0.455. The van der Waals surface area contributed by atoms with Gasteiger partial charge >= 0.3 is 5.97 Å². The van der Waals surface area contributed by atoms with Crippen LogP contribution in [0.2, 0.25) is 0 Å². The van der Waals surface area contributed by atoms with Gasteiger partial charge in [0.1, 0.15) is 0 Å². The molecule has 1 aromatic rings. The zero-order valence-electron chi connectivity index (χ0n) is 9.75. The van der Waals surface area contributed by atoms with Crippen LogP contribution in [0.4, 0.5) is 13.2 Å². The number of rotatable bonds is 5. The number of hydrogen-bond acceptors (Lipinski definition) is 4. The molecule has 0 fully saturated rings. The number of esters is 1. The second-order valence-corrected chi connectivity index (χ2v) is 3.45. The van der Waals surface area contributed by atoms with E-state index in [2.05, 4.69) is 9.72 Å². The molecule has 4 nitrogen and oxygen atoms in total. The van der Waals surface area contributed by atoms with Crippen molar-refractivity contribution < 1.29 is 22.7 Å². The highest BCUT2D eigenvalue weighted by Gasteiger charge is 2.22. The van der Waals surface area contributed by atoms with E-state index in [1.807, 2.05) is 0 Å². The highest BCUT2D eigenvalue weighted by atomic mass is 19.3. The van der Waals surface area contributed by atoms with Crippen molar-refractivity contribution in [1.82, 2.24) is 4.98 Å². The van der Waals surface area contributed by atoms with Crippen molar-refractivity contribution in [2.75, 3.05) is 6.61 Å². The van der Waals surface area contributed by atoms with E-state index in [4.69, 9.17) is 5.73 Å². The molecule has 2 N–H and O–H groups in total. The summed E-state index contributed by atoms with van der Waals surface area (Å²) in [5.41, 5.74) is 4.36. The molecule has 1 aromatic heterocycles. The number of alkyl halides is 2. The zero-order chi connectivity index (χ0) is 13.7. The van der Waals surface area contributed by atoms with E-state index in [1.54, 1.807) is 6.92 Å². The molecule has 0 aliphatic rings. The number of aromatic nitrogens is 1. The third-order valence-electron chi connectivity index (χ3n) is 2.24. The summed E-state index contributed by atoms with van der Waals surface area (Å²) < 4.78 is 43.5. The van der Waals surface area contributed by atoms with Gasteiger partial charge in [-0.25, -0.2) is 13.8 Å². The van der Waals surface area contributed by atoms with Gasteiger partial charge in [-0.15, -0.1) is 0 Å². The molecule has 0 bridgehead atoms. The summed E-state index contributed by atoms with van der Waals surface area (Å²) >= 11 is 0. The van der Waals surface area contributed by atoms with Gasteiger partial charge in [0.15, 0.2) is 0 Å². The van der Waals surface area contributed by atoms with Crippen molar-refractivity contribution in [3.05, 3.63) is 28.8 Å². The molecule has 0 amide bonds. The lowest BCUT2D eigenvalue weighted by atomic mass is 10.0. The number of halogens is 3. The first-order chi connectivity index (χ1) is 8.49. The molecule has 0 unspecified atom stereocenters. The Morgan fingerprint density at radius 1 is 1.56 bits per heavy atom. The van der Waals surface area contributed by atoms with Crippen LogP contribution in [0.5, 0.6) is 0 Å². The second kappa shape index (κ2) is 6.34. The normalized spacial score (nSPS) is 10.8. The number of carbonyl (C=O) groups excluding carboxylic acids is 1. The van der Waals surface area contributed by atoms with Crippen LogP contribution in [0, 0.1) is 5.95 Å². The summed E-state index contributed by atoms with van der Waals surface area (Å²) in [5.74, 6) is -1.65. The lowest BCUT2D eigenvalue weighted by molar-refractivity contribution is -0.142. The topological polar surface area (TPSA) is 65.2 Å². The van der Waals surface area contributed by atoms with Crippen molar-refractivity contribution in [1.29, 1.82) is 0 Å². The van der Waals surface area contributed by atoms with E-state index >= 15 is 0 Å². The van der Waals surface area contributed by atoms with Crippen LogP contribution in [-0.4, -0.2) is 17.6 Å². The predicted molar refractivity (Wildman–Crippen MR) is 57.4 cm³/mol. The molecular weight excluding hydrogens is 249 g/mol. The van der Waals surface area contributed by atoms with Crippen LogP contribution in [0.3, 0.4) is 0 Å². The van der Waals surface area contributed by atoms with Crippen LogP contribution in [0.1, 0.15) is 30.2 Å². The number of hydrogen-bond donors (Lipinski definition) is 1. The van der Waals surface area contributed by atoms with Crippen LogP contribution in [-0.2, 0) is 22.5 Å². The molecule has 0 spiro atoms. The molecule has 100 valence electrons. The minimum absolute atomic E-state index is 0.125. The minimum atomic E-state index is -2.87. The highest BCUT2D eigenvalue weighted by Crippen LogP contribution is 2.26. The Labute approximate surface area is 102 Å². The van der Waals surface area contributed by atoms with Gasteiger partial charge in [-0.1, -0.05) is 0 Å². The number of nitrogens with zero attached hydrogens (tertiary/aromatic N) is 1. The summed E-state index contributed by atoms with van der Waals surface area (Å²) in [5, 5.41) is 0. The van der Waals surface area contributed by atoms with Crippen molar-refractivity contribution in [3.63, 3.8) is 0 Å². The van der Waals surface area contributed by atoms with Gasteiger partial charge in [0.2, 0.25) is 5.95 Å². The third-order valence-corrected chi connectivity index (χ3v) is 2.24. The van der Waals surface area contributed by atoms with E-state index in [9.17, 15) is 18.0 Å². The molecule has 1 rings (SSSR count). The average Bonchev–Trinajstić information content (AvgIpc) is 2.27. The standard InChI is InChI=1S/C11H13F3N2O2/c1-2-18-9(17)4-6-3-8(12)16-7(5-15)10(6)11(13)14/h3,11H,2,4-5,15H2,1H3. The summed E-state index contributed by atoms with van der Waals surface area (Å²) in [6.45, 7) is 1.39. The van der Waals surface area contributed by atoms with E-state index < -0.39 is 30.3 Å². The Balaban J connectivity index is 3.15. The Morgan fingerprint density at radius 3 is 2.72 bits per heavy atom. The molecular formula is C11H13F3N2O2. The Hall–Kier alpha value is -1.63. The molecule has 0 saturated carbocycles. The van der Waals surface area contributed by atoms with E-state index in [0.29, 0.717) is 0 Å². The molecule has 0 saturated heterocycles. The fourth-order valence-corrected chi connectivity index (χ4v) is 1.56. The Kier molecular flexibility index (Phi) is 5.08. The predicted octanol–water partition coefficient (Wildman–Crippen LogP) is 1.72. The summed E-state index contributed by atoms with van der Waals surface area (Å²) in [4.78, 5) is 14.6. The fourth-order valence-electron chi connectivity index (χ4n) is 1.56. The Bertz CT molecular complexity index is 439. The maximum Gasteiger partial charge on any atom is 0.310 e. The maximum absolute atomic E-state index is 13.1. The molecule has 18 heavy (non-hydrogen) atoms. The SMILES string of the molecule is CCOC(=O)Cc1cc(F)nc(CN)c1C(F)F. The average molecular weight is 262 g/mol. The third kappa shape index (κ3) is 3.43. The van der Waals surface area contributed by atoms with Crippen molar-refractivity contribution in [3.8, 4) is 0 Å². The first-order valence-electron chi connectivity index (χ1n) is 5.31. The lowest BCUT2D eigenvalue weighted by Crippen LogP contribution is -2.14. The number of nitrogens with two attached hydrogens (primary N) is 1. The summed E-state index contributed by atoms with van der Waals surface area (Å²) in [6, 6.07) is 0.803. The van der Waals surface area contributed by atoms with E-state index in [1.165, 1.54) is 0 Å². The molecule has 0 aromatic carbocycles. The molecule has 7 heteroatoms. The summed E-state index contributed by atoms with van der Waals surface area (Å²) in [7, 11) is 0.